The van der Waals surface area contributed by atoms with Gasteiger partial charge >= 0.3 is 0 Å². The minimum absolute atomic E-state index is 0.288. The molecule has 0 amide bonds. The van der Waals surface area contributed by atoms with Gasteiger partial charge in [0.2, 0.25) is 0 Å². The van der Waals surface area contributed by atoms with Crippen LogP contribution in [-0.4, -0.2) is 6.04 Å². The van der Waals surface area contributed by atoms with E-state index in [0.29, 0.717) is 5.56 Å². The van der Waals surface area contributed by atoms with Crippen LogP contribution in [0.2, 0.25) is 0 Å². The lowest BCUT2D eigenvalue weighted by molar-refractivity contribution is 0.813. The standard InChI is InChI=1S/C12H13BrN2/c1-3-4-9(2)15-12-6-5-11(13)7-10(12)8-14/h3,5-7,9,15H,1,4H2,2H3. The van der Waals surface area contributed by atoms with E-state index in [1.54, 1.807) is 0 Å². The third-order valence-electron chi connectivity index (χ3n) is 2.02. The van der Waals surface area contributed by atoms with E-state index in [9.17, 15) is 0 Å². The summed E-state index contributed by atoms with van der Waals surface area (Å²) >= 11 is 3.34. The van der Waals surface area contributed by atoms with Crippen LogP contribution in [0.1, 0.15) is 18.9 Å². The van der Waals surface area contributed by atoms with Crippen LogP contribution < -0.4 is 5.32 Å². The molecular formula is C12H13BrN2. The summed E-state index contributed by atoms with van der Waals surface area (Å²) in [4.78, 5) is 0. The first-order valence-corrected chi connectivity index (χ1v) is 5.53. The maximum absolute atomic E-state index is 8.95. The Morgan fingerprint density at radius 2 is 2.40 bits per heavy atom. The van der Waals surface area contributed by atoms with Crippen molar-refractivity contribution >= 4 is 21.6 Å². The molecule has 0 aromatic heterocycles. The number of nitrogens with zero attached hydrogens (tertiary/aromatic N) is 1. The Morgan fingerprint density at radius 3 is 3.00 bits per heavy atom. The predicted octanol–water partition coefficient (Wildman–Crippen LogP) is 3.70. The van der Waals surface area contributed by atoms with E-state index in [2.05, 4.69) is 40.8 Å². The Labute approximate surface area is 98.7 Å². The summed E-state index contributed by atoms with van der Waals surface area (Å²) in [5.41, 5.74) is 1.52. The molecular weight excluding hydrogens is 252 g/mol. The third kappa shape index (κ3) is 3.41. The monoisotopic (exact) mass is 264 g/mol. The quantitative estimate of drug-likeness (QED) is 0.842. The van der Waals surface area contributed by atoms with Gasteiger partial charge in [-0.15, -0.1) is 6.58 Å². The van der Waals surface area contributed by atoms with E-state index in [1.807, 2.05) is 24.3 Å². The van der Waals surface area contributed by atoms with E-state index in [0.717, 1.165) is 16.6 Å². The van der Waals surface area contributed by atoms with Crippen LogP contribution in [0.5, 0.6) is 0 Å². The van der Waals surface area contributed by atoms with E-state index in [-0.39, 0.29) is 6.04 Å². The number of nitriles is 1. The van der Waals surface area contributed by atoms with Crippen LogP contribution >= 0.6 is 15.9 Å². The Bertz CT molecular complexity index is 393. The molecule has 1 aromatic carbocycles. The van der Waals surface area contributed by atoms with Crippen LogP contribution in [0.15, 0.2) is 35.3 Å². The Kier molecular flexibility index (Phi) is 4.38. The average Bonchev–Trinajstić information content (AvgIpc) is 2.21. The summed E-state index contributed by atoms with van der Waals surface area (Å²) in [5.74, 6) is 0. The minimum Gasteiger partial charge on any atom is -0.381 e. The Hall–Kier alpha value is -1.27. The van der Waals surface area contributed by atoms with Gasteiger partial charge in [0.25, 0.3) is 0 Å². The predicted molar refractivity (Wildman–Crippen MR) is 66.8 cm³/mol. The van der Waals surface area contributed by atoms with Crippen LogP contribution in [0.25, 0.3) is 0 Å². The number of anilines is 1. The molecule has 1 atom stereocenters. The van der Waals surface area contributed by atoms with Crippen molar-refractivity contribution in [1.82, 2.24) is 0 Å². The van der Waals surface area contributed by atoms with Crippen LogP contribution in [0, 0.1) is 11.3 Å². The van der Waals surface area contributed by atoms with Gasteiger partial charge in [-0.3, -0.25) is 0 Å². The van der Waals surface area contributed by atoms with Crippen LogP contribution in [-0.2, 0) is 0 Å². The van der Waals surface area contributed by atoms with Crippen molar-refractivity contribution in [2.45, 2.75) is 19.4 Å². The van der Waals surface area contributed by atoms with Gasteiger partial charge in [0.1, 0.15) is 6.07 Å². The minimum atomic E-state index is 0.288. The van der Waals surface area contributed by atoms with Gasteiger partial charge in [0.15, 0.2) is 0 Å². The molecule has 0 saturated carbocycles. The first-order valence-electron chi connectivity index (χ1n) is 4.74. The van der Waals surface area contributed by atoms with Gasteiger partial charge in [-0.1, -0.05) is 22.0 Å². The lowest BCUT2D eigenvalue weighted by Gasteiger charge is -2.14. The first-order chi connectivity index (χ1) is 7.17. The maximum atomic E-state index is 8.95. The van der Waals surface area contributed by atoms with Crippen molar-refractivity contribution in [3.8, 4) is 6.07 Å². The van der Waals surface area contributed by atoms with Crippen molar-refractivity contribution in [3.05, 3.63) is 40.9 Å². The molecule has 1 aromatic rings. The zero-order chi connectivity index (χ0) is 11.3. The second kappa shape index (κ2) is 5.57. The van der Waals surface area contributed by atoms with E-state index in [4.69, 9.17) is 5.26 Å². The zero-order valence-electron chi connectivity index (χ0n) is 8.63. The highest BCUT2D eigenvalue weighted by Crippen LogP contribution is 2.21. The largest absolute Gasteiger partial charge is 0.381 e. The summed E-state index contributed by atoms with van der Waals surface area (Å²) in [6.07, 6.45) is 2.74. The van der Waals surface area contributed by atoms with E-state index >= 15 is 0 Å². The molecule has 0 aliphatic heterocycles. The van der Waals surface area contributed by atoms with Gasteiger partial charge < -0.3 is 5.32 Å². The van der Waals surface area contributed by atoms with Gasteiger partial charge in [-0.2, -0.15) is 5.26 Å². The highest BCUT2D eigenvalue weighted by Gasteiger charge is 2.05. The molecule has 0 heterocycles. The zero-order valence-corrected chi connectivity index (χ0v) is 10.2. The molecule has 1 N–H and O–H groups in total. The van der Waals surface area contributed by atoms with E-state index in [1.165, 1.54) is 0 Å². The molecule has 0 aliphatic rings. The molecule has 0 radical (unpaired) electrons. The highest BCUT2D eigenvalue weighted by atomic mass is 79.9. The molecule has 0 saturated heterocycles. The summed E-state index contributed by atoms with van der Waals surface area (Å²) in [7, 11) is 0. The SMILES string of the molecule is C=CCC(C)Nc1ccc(Br)cc1C#N. The molecule has 0 fully saturated rings. The van der Waals surface area contributed by atoms with Crippen molar-refractivity contribution in [1.29, 1.82) is 5.26 Å². The number of benzene rings is 1. The molecule has 15 heavy (non-hydrogen) atoms. The molecule has 2 nitrogen and oxygen atoms in total. The first kappa shape index (κ1) is 11.8. The summed E-state index contributed by atoms with van der Waals surface area (Å²) in [6, 6.07) is 8.09. The molecule has 1 unspecified atom stereocenters. The fourth-order valence-corrected chi connectivity index (χ4v) is 1.67. The number of hydrogen-bond acceptors (Lipinski definition) is 2. The van der Waals surface area contributed by atoms with Gasteiger partial charge in [-0.25, -0.2) is 0 Å². The molecule has 1 rings (SSSR count). The van der Waals surface area contributed by atoms with Crippen molar-refractivity contribution in [3.63, 3.8) is 0 Å². The normalized spacial score (nSPS) is 11.5. The number of halogens is 1. The maximum Gasteiger partial charge on any atom is 0.101 e. The Balaban J connectivity index is 2.85. The van der Waals surface area contributed by atoms with Crippen LogP contribution in [0.4, 0.5) is 5.69 Å². The average molecular weight is 265 g/mol. The highest BCUT2D eigenvalue weighted by molar-refractivity contribution is 9.10. The van der Waals surface area contributed by atoms with Crippen molar-refractivity contribution < 1.29 is 0 Å². The van der Waals surface area contributed by atoms with Gasteiger partial charge in [0, 0.05) is 10.5 Å². The summed E-state index contributed by atoms with van der Waals surface area (Å²) in [5, 5.41) is 12.2. The lowest BCUT2D eigenvalue weighted by Crippen LogP contribution is -2.14. The van der Waals surface area contributed by atoms with Gasteiger partial charge in [0.05, 0.1) is 11.3 Å². The fourth-order valence-electron chi connectivity index (χ4n) is 1.31. The Morgan fingerprint density at radius 1 is 1.67 bits per heavy atom. The third-order valence-corrected chi connectivity index (χ3v) is 2.52. The second-order valence-corrected chi connectivity index (χ2v) is 4.29. The molecule has 0 bridgehead atoms. The summed E-state index contributed by atoms with van der Waals surface area (Å²) < 4.78 is 0.918. The topological polar surface area (TPSA) is 35.8 Å². The van der Waals surface area contributed by atoms with Gasteiger partial charge in [-0.05, 0) is 31.5 Å². The fraction of sp³-hybridized carbons (Fsp3) is 0.250. The van der Waals surface area contributed by atoms with E-state index < -0.39 is 0 Å². The number of nitrogens with one attached hydrogen (secondary N) is 1. The number of hydrogen-bond donors (Lipinski definition) is 1. The lowest BCUT2D eigenvalue weighted by atomic mass is 10.1. The molecule has 0 spiro atoms. The second-order valence-electron chi connectivity index (χ2n) is 3.37. The molecule has 78 valence electrons. The van der Waals surface area contributed by atoms with Crippen LogP contribution in [0.3, 0.4) is 0 Å². The smallest absolute Gasteiger partial charge is 0.101 e. The molecule has 3 heteroatoms. The number of rotatable bonds is 4. The van der Waals surface area contributed by atoms with Crippen molar-refractivity contribution in [2.75, 3.05) is 5.32 Å². The molecule has 0 aliphatic carbocycles. The van der Waals surface area contributed by atoms with Crippen molar-refractivity contribution in [2.24, 2.45) is 0 Å². The summed E-state index contributed by atoms with van der Waals surface area (Å²) in [6.45, 7) is 5.75.